The summed E-state index contributed by atoms with van der Waals surface area (Å²) in [6.45, 7) is 2.12. The number of hydrogen-bond donors (Lipinski definition) is 1. The molecule has 4 nitrogen and oxygen atoms in total. The van der Waals surface area contributed by atoms with Crippen molar-refractivity contribution in [3.8, 4) is 0 Å². The molecular weight excluding hydrogens is 302 g/mol. The molecule has 126 valence electrons. The summed E-state index contributed by atoms with van der Waals surface area (Å²) in [4.78, 5) is 11.7. The Labute approximate surface area is 143 Å². The van der Waals surface area contributed by atoms with Crippen molar-refractivity contribution in [1.82, 2.24) is 0 Å². The van der Waals surface area contributed by atoms with Gasteiger partial charge in [0.1, 0.15) is 5.76 Å². The van der Waals surface area contributed by atoms with Gasteiger partial charge in [-0.1, -0.05) is 48.5 Å². The third-order valence-corrected chi connectivity index (χ3v) is 3.55. The van der Waals surface area contributed by atoms with Gasteiger partial charge in [-0.2, -0.15) is 0 Å². The first-order chi connectivity index (χ1) is 11.7. The van der Waals surface area contributed by atoms with Crippen molar-refractivity contribution in [1.29, 1.82) is 0 Å². The zero-order chi connectivity index (χ0) is 17.2. The molecule has 2 aromatic rings. The van der Waals surface area contributed by atoms with Crippen LogP contribution >= 0.6 is 0 Å². The van der Waals surface area contributed by atoms with Crippen LogP contribution in [-0.4, -0.2) is 19.7 Å². The van der Waals surface area contributed by atoms with Gasteiger partial charge in [-0.25, -0.2) is 4.79 Å². The largest absolute Gasteiger partial charge is 0.501 e. The lowest BCUT2D eigenvalue weighted by Crippen LogP contribution is -2.13. The molecule has 0 heterocycles. The van der Waals surface area contributed by atoms with Crippen molar-refractivity contribution in [2.75, 3.05) is 19.0 Å². The second kappa shape index (κ2) is 9.40. The fourth-order valence-corrected chi connectivity index (χ4v) is 2.39. The zero-order valence-electron chi connectivity index (χ0n) is 14.1. The van der Waals surface area contributed by atoms with Crippen LogP contribution in [0.5, 0.6) is 0 Å². The van der Waals surface area contributed by atoms with Crippen molar-refractivity contribution >= 4 is 11.7 Å². The highest BCUT2D eigenvalue weighted by Gasteiger charge is 2.15. The Bertz CT molecular complexity index is 653. The maximum Gasteiger partial charge on any atom is 0.334 e. The molecule has 1 atom stereocenters. The van der Waals surface area contributed by atoms with Gasteiger partial charge in [0.05, 0.1) is 25.8 Å². The lowest BCUT2D eigenvalue weighted by Gasteiger charge is -2.21. The minimum atomic E-state index is -0.388. The second-order valence-corrected chi connectivity index (χ2v) is 5.24. The highest BCUT2D eigenvalue weighted by molar-refractivity contribution is 5.82. The van der Waals surface area contributed by atoms with Crippen LogP contribution in [-0.2, 0) is 14.3 Å². The molecule has 2 rings (SSSR count). The van der Waals surface area contributed by atoms with Crippen molar-refractivity contribution in [2.45, 2.75) is 19.4 Å². The third kappa shape index (κ3) is 5.47. The molecule has 4 heteroatoms. The first-order valence-electron chi connectivity index (χ1n) is 8.00. The molecule has 0 saturated heterocycles. The smallest absolute Gasteiger partial charge is 0.334 e. The summed E-state index contributed by atoms with van der Waals surface area (Å²) in [7, 11) is 1.57. The van der Waals surface area contributed by atoms with Gasteiger partial charge >= 0.3 is 5.97 Å². The molecule has 24 heavy (non-hydrogen) atoms. The minimum absolute atomic E-state index is 0.0192. The zero-order valence-corrected chi connectivity index (χ0v) is 14.1. The van der Waals surface area contributed by atoms with Gasteiger partial charge in [-0.3, -0.25) is 0 Å². The van der Waals surface area contributed by atoms with Crippen molar-refractivity contribution in [3.05, 3.63) is 78.1 Å². The fourth-order valence-electron chi connectivity index (χ4n) is 2.39. The van der Waals surface area contributed by atoms with Crippen LogP contribution in [0.15, 0.2) is 72.5 Å². The Morgan fingerprint density at radius 2 is 1.71 bits per heavy atom. The van der Waals surface area contributed by atoms with Gasteiger partial charge in [0.2, 0.25) is 0 Å². The standard InChI is InChI=1S/C20H23NO3/c1-3-24-20(22)15-18(23-2)14-19(16-10-6-4-7-11-16)21-17-12-8-5-9-13-17/h4-13,15,19,21H,3,14H2,1-2H3/b18-15-. The lowest BCUT2D eigenvalue weighted by atomic mass is 10.0. The van der Waals surface area contributed by atoms with E-state index in [-0.39, 0.29) is 12.0 Å². The summed E-state index contributed by atoms with van der Waals surface area (Å²) in [5, 5.41) is 3.49. The van der Waals surface area contributed by atoms with Gasteiger partial charge in [-0.05, 0) is 24.6 Å². The quantitative estimate of drug-likeness (QED) is 0.446. The van der Waals surface area contributed by atoms with E-state index in [1.807, 2.05) is 48.5 Å². The Kier molecular flexibility index (Phi) is 6.90. The van der Waals surface area contributed by atoms with Gasteiger partial charge in [0, 0.05) is 12.1 Å². The maximum absolute atomic E-state index is 11.7. The average Bonchev–Trinajstić information content (AvgIpc) is 2.62. The number of hydrogen-bond acceptors (Lipinski definition) is 4. The summed E-state index contributed by atoms with van der Waals surface area (Å²) in [5.41, 5.74) is 2.13. The van der Waals surface area contributed by atoms with E-state index in [4.69, 9.17) is 9.47 Å². The monoisotopic (exact) mass is 325 g/mol. The predicted octanol–water partition coefficient (Wildman–Crippen LogP) is 4.32. The second-order valence-electron chi connectivity index (χ2n) is 5.24. The van der Waals surface area contributed by atoms with Crippen molar-refractivity contribution in [3.63, 3.8) is 0 Å². The Balaban J connectivity index is 2.20. The number of esters is 1. The highest BCUT2D eigenvalue weighted by Crippen LogP contribution is 2.26. The topological polar surface area (TPSA) is 47.6 Å². The molecule has 0 aliphatic carbocycles. The molecule has 0 fully saturated rings. The van der Waals surface area contributed by atoms with Crippen LogP contribution in [0.4, 0.5) is 5.69 Å². The normalized spacial score (nSPS) is 12.3. The number of nitrogens with one attached hydrogen (secondary N) is 1. The molecule has 2 aromatic carbocycles. The van der Waals surface area contributed by atoms with E-state index in [0.29, 0.717) is 18.8 Å². The van der Waals surface area contributed by atoms with Crippen LogP contribution < -0.4 is 5.32 Å². The Hall–Kier alpha value is -2.75. The molecule has 0 bridgehead atoms. The molecule has 1 unspecified atom stereocenters. The van der Waals surface area contributed by atoms with E-state index >= 15 is 0 Å². The number of anilines is 1. The molecule has 0 aliphatic rings. The van der Waals surface area contributed by atoms with Crippen LogP contribution in [0.1, 0.15) is 24.9 Å². The van der Waals surface area contributed by atoms with Crippen LogP contribution in [0.2, 0.25) is 0 Å². The number of ether oxygens (including phenoxy) is 2. The molecule has 0 aromatic heterocycles. The van der Waals surface area contributed by atoms with Crippen LogP contribution in [0, 0.1) is 0 Å². The molecular formula is C20H23NO3. The van der Waals surface area contributed by atoms with E-state index in [9.17, 15) is 4.79 Å². The molecule has 0 amide bonds. The Morgan fingerprint density at radius 3 is 2.29 bits per heavy atom. The molecule has 0 radical (unpaired) electrons. The first-order valence-corrected chi connectivity index (χ1v) is 8.00. The Morgan fingerprint density at radius 1 is 1.08 bits per heavy atom. The van der Waals surface area contributed by atoms with Gasteiger partial charge in [-0.15, -0.1) is 0 Å². The van der Waals surface area contributed by atoms with E-state index in [1.165, 1.54) is 6.08 Å². The van der Waals surface area contributed by atoms with Crippen LogP contribution in [0.3, 0.4) is 0 Å². The number of carbonyl (C=O) groups is 1. The minimum Gasteiger partial charge on any atom is -0.501 e. The molecule has 0 aliphatic heterocycles. The molecule has 1 N–H and O–H groups in total. The average molecular weight is 325 g/mol. The number of carbonyl (C=O) groups excluding carboxylic acids is 1. The number of para-hydroxylation sites is 1. The summed E-state index contributed by atoms with van der Waals surface area (Å²) >= 11 is 0. The van der Waals surface area contributed by atoms with Crippen LogP contribution in [0.25, 0.3) is 0 Å². The lowest BCUT2D eigenvalue weighted by molar-refractivity contribution is -0.137. The third-order valence-electron chi connectivity index (χ3n) is 3.55. The predicted molar refractivity (Wildman–Crippen MR) is 95.6 cm³/mol. The van der Waals surface area contributed by atoms with Gasteiger partial charge in [0.15, 0.2) is 0 Å². The van der Waals surface area contributed by atoms with E-state index in [2.05, 4.69) is 17.4 Å². The fraction of sp³-hybridized carbons (Fsp3) is 0.250. The first kappa shape index (κ1) is 17.6. The van der Waals surface area contributed by atoms with Crippen molar-refractivity contribution < 1.29 is 14.3 Å². The summed E-state index contributed by atoms with van der Waals surface area (Å²) < 4.78 is 10.3. The number of benzene rings is 2. The number of rotatable bonds is 8. The van der Waals surface area contributed by atoms with Gasteiger partial charge < -0.3 is 14.8 Å². The molecule has 0 saturated carbocycles. The highest BCUT2D eigenvalue weighted by atomic mass is 16.5. The van der Waals surface area contributed by atoms with E-state index in [1.54, 1.807) is 14.0 Å². The summed E-state index contributed by atoms with van der Waals surface area (Å²) in [5.74, 6) is 0.187. The number of methoxy groups -OCH3 is 1. The van der Waals surface area contributed by atoms with Crippen molar-refractivity contribution in [2.24, 2.45) is 0 Å². The SMILES string of the molecule is CCOC(=O)/C=C(/CC(Nc1ccccc1)c1ccccc1)OC. The maximum atomic E-state index is 11.7. The molecule has 0 spiro atoms. The van der Waals surface area contributed by atoms with Gasteiger partial charge in [0.25, 0.3) is 0 Å². The summed E-state index contributed by atoms with van der Waals surface area (Å²) in [6.07, 6.45) is 1.94. The van der Waals surface area contributed by atoms with E-state index in [0.717, 1.165) is 11.3 Å². The summed E-state index contributed by atoms with van der Waals surface area (Å²) in [6, 6.07) is 20.0. The van der Waals surface area contributed by atoms with E-state index < -0.39 is 0 Å².